The van der Waals surface area contributed by atoms with Gasteiger partial charge < -0.3 is 4.57 Å². The van der Waals surface area contributed by atoms with E-state index in [0.717, 1.165) is 0 Å². The highest BCUT2D eigenvalue weighted by Crippen LogP contribution is 2.40. The van der Waals surface area contributed by atoms with E-state index in [0.29, 0.717) is 0 Å². The molecule has 0 unspecified atom stereocenters. The first-order chi connectivity index (χ1) is 61.6. The molecule has 652 valence electrons. The Morgan fingerprint density at radius 3 is 0.816 bits per heavy atom. The Kier molecular flexibility index (Phi) is 47.0. The van der Waals surface area contributed by atoms with Crippen LogP contribution < -0.4 is 0 Å². The third-order valence-electron chi connectivity index (χ3n) is 20.7. The summed E-state index contributed by atoms with van der Waals surface area (Å²) in [6, 6.07) is 120. The number of nitrogens with zero attached hydrogens (tertiary/aromatic N) is 1. The van der Waals surface area contributed by atoms with Crippen molar-refractivity contribution in [1.82, 2.24) is 4.57 Å². The maximum atomic E-state index is 2.30. The molecular weight excluding hydrogens is 1500 g/mol. The molecule has 22 rings (SSSR count). The van der Waals surface area contributed by atoms with Crippen LogP contribution in [0, 0.1) is 34.6 Å². The van der Waals surface area contributed by atoms with Gasteiger partial charge in [-0.25, -0.2) is 0 Å². The molecule has 0 bridgehead atoms. The second kappa shape index (κ2) is 55.9. The molecule has 0 fully saturated rings. The standard InChI is InChI=1S/C19H14.3C17H12.C15H12.C13H11N.13C2H6/c1-13-10-11-18-16-8-3-2-6-14(16)15-7-4-5-9-17(15)19(18)12-13;1-11-10-14-6-2-4-12-8-9-13-5-3-7-15(11)17(13)16(12)14;1-11-9-14-7-5-12-3-2-4-13-6-8-15(10-11)17(14)16(12)13;1-11-5-6-14-8-7-12-3-2-4-13-9-10-15(11)17(14)16(12)13;1-11-6-9-15-13(10-11)8-7-12-4-2-3-5-14(12)15;1-14-12-8-4-2-6-10(12)11-7-3-5-9-13(11)14;13*1-2/h2-12H,1H3;3*2-10H,1H3;2-10H,1H3;2-9H,1H3;13*1-2H3. The Balaban J connectivity index is 0.000000299. The van der Waals surface area contributed by atoms with Crippen molar-refractivity contribution in [3.8, 4) is 0 Å². The Labute approximate surface area is 755 Å². The van der Waals surface area contributed by atoms with Gasteiger partial charge in [-0.2, -0.15) is 0 Å². The SMILES string of the molecule is CC.CC.CC.CC.CC.CC.CC.CC.CC.CC.CC.CC.CC.Cc1cc2ccc3cccc4ccc(c1)c2c34.Cc1cc2cccc3ccc4cccc1c4c32.Cc1ccc2c(ccc3ccccc32)c1.Cc1ccc2c3ccccc3c3ccccc3c2c1.Cc1ccc2ccc3cccc4ccc1c2c34.Cn1c2ccccc2c2ccccc21. The van der Waals surface area contributed by atoms with Gasteiger partial charge in [-0.3, -0.25) is 0 Å². The van der Waals surface area contributed by atoms with Crippen LogP contribution >= 0.6 is 0 Å². The molecule has 0 amide bonds. The normalized spacial score (nSPS) is 9.76. The van der Waals surface area contributed by atoms with Crippen molar-refractivity contribution in [3.05, 3.63) is 361 Å². The fourth-order valence-electron chi connectivity index (χ4n) is 16.0. The predicted octanol–water partition coefficient (Wildman–Crippen LogP) is 41.1. The highest BCUT2D eigenvalue weighted by Gasteiger charge is 2.14. The highest BCUT2D eigenvalue weighted by atomic mass is 14.9. The van der Waals surface area contributed by atoms with Gasteiger partial charge >= 0.3 is 0 Å². The molecule has 0 saturated heterocycles. The summed E-state index contributed by atoms with van der Waals surface area (Å²) in [5.41, 5.74) is 9.28. The third-order valence-corrected chi connectivity index (χ3v) is 20.7. The van der Waals surface area contributed by atoms with E-state index in [1.54, 1.807) is 0 Å². The Bertz CT molecular complexity index is 6580. The molecule has 21 aromatic carbocycles. The number of hydrogen-bond donors (Lipinski definition) is 0. The summed E-state index contributed by atoms with van der Waals surface area (Å²) in [7, 11) is 2.12. The lowest BCUT2D eigenvalue weighted by Gasteiger charge is -2.12. The Morgan fingerprint density at radius 1 is 0.136 bits per heavy atom. The van der Waals surface area contributed by atoms with Crippen molar-refractivity contribution in [1.29, 1.82) is 0 Å². The van der Waals surface area contributed by atoms with Crippen LogP contribution in [0.2, 0.25) is 0 Å². The maximum absolute atomic E-state index is 2.30. The van der Waals surface area contributed by atoms with E-state index >= 15 is 0 Å². The van der Waals surface area contributed by atoms with Crippen molar-refractivity contribution in [3.63, 3.8) is 0 Å². The van der Waals surface area contributed by atoms with Crippen LogP contribution in [0.1, 0.15) is 208 Å². The van der Waals surface area contributed by atoms with Gasteiger partial charge in [0.05, 0.1) is 0 Å². The van der Waals surface area contributed by atoms with Crippen LogP contribution in [0.5, 0.6) is 0 Å². The second-order valence-electron chi connectivity index (χ2n) is 27.0. The van der Waals surface area contributed by atoms with Gasteiger partial charge in [-0.1, -0.05) is 513 Å². The van der Waals surface area contributed by atoms with Crippen LogP contribution in [0.15, 0.2) is 334 Å². The summed E-state index contributed by atoms with van der Waals surface area (Å²) in [6.07, 6.45) is 0. The first-order valence-corrected chi connectivity index (χ1v) is 47.6. The van der Waals surface area contributed by atoms with E-state index in [1.807, 2.05) is 180 Å². The van der Waals surface area contributed by atoms with Crippen molar-refractivity contribution >= 4 is 173 Å². The number of aryl methyl sites for hydroxylation is 6. The Hall–Kier alpha value is -12.2. The first-order valence-electron chi connectivity index (χ1n) is 47.6. The van der Waals surface area contributed by atoms with Crippen LogP contribution in [-0.2, 0) is 7.05 Å². The summed E-state index contributed by atoms with van der Waals surface area (Å²) in [5, 5.41) is 40.7. The molecule has 0 spiro atoms. The average molecular weight is 1660 g/mol. The van der Waals surface area contributed by atoms with Crippen LogP contribution in [-0.4, -0.2) is 4.57 Å². The average Bonchev–Trinajstić information content (AvgIpc) is 1.77. The lowest BCUT2D eigenvalue weighted by molar-refractivity contribution is 1.01. The molecule has 0 aliphatic heterocycles. The molecule has 0 atom stereocenters. The fraction of sp³-hybridized carbons (Fsp3) is 0.258. The first kappa shape index (κ1) is 105. The molecule has 1 nitrogen and oxygen atoms in total. The lowest BCUT2D eigenvalue weighted by atomic mass is 9.92. The molecule has 22 aromatic rings. The van der Waals surface area contributed by atoms with Gasteiger partial charge in [0.25, 0.3) is 0 Å². The van der Waals surface area contributed by atoms with Crippen molar-refractivity contribution in [2.24, 2.45) is 7.05 Å². The Morgan fingerprint density at radius 2 is 0.368 bits per heavy atom. The van der Waals surface area contributed by atoms with E-state index < -0.39 is 0 Å². The largest absolute Gasteiger partial charge is 0.344 e. The molecule has 125 heavy (non-hydrogen) atoms. The molecule has 0 saturated carbocycles. The molecular formula is C124H151N. The smallest absolute Gasteiger partial charge is 0.0488 e. The number of rotatable bonds is 0. The van der Waals surface area contributed by atoms with Crippen molar-refractivity contribution in [2.45, 2.75) is 215 Å². The van der Waals surface area contributed by atoms with E-state index in [1.165, 1.54) is 200 Å². The van der Waals surface area contributed by atoms with Gasteiger partial charge in [0.2, 0.25) is 0 Å². The summed E-state index contributed by atoms with van der Waals surface area (Å²) in [5.74, 6) is 0. The number of aromatic nitrogens is 1. The quantitative estimate of drug-likeness (QED) is 0.133. The number of benzene rings is 21. The fourth-order valence-corrected chi connectivity index (χ4v) is 16.0. The summed E-state index contributed by atoms with van der Waals surface area (Å²) < 4.78 is 2.24. The summed E-state index contributed by atoms with van der Waals surface area (Å²) >= 11 is 0. The van der Waals surface area contributed by atoms with Crippen LogP contribution in [0.3, 0.4) is 0 Å². The third kappa shape index (κ3) is 24.3. The van der Waals surface area contributed by atoms with Gasteiger partial charge in [0.15, 0.2) is 0 Å². The minimum absolute atomic E-state index is 1.30. The molecule has 1 heteroatoms. The lowest BCUT2D eigenvalue weighted by Crippen LogP contribution is -1.85. The zero-order chi connectivity index (χ0) is 92.8. The molecule has 0 aliphatic rings. The minimum atomic E-state index is 1.30. The van der Waals surface area contributed by atoms with Crippen LogP contribution in [0.4, 0.5) is 0 Å². The maximum Gasteiger partial charge on any atom is 0.0488 e. The van der Waals surface area contributed by atoms with E-state index in [-0.39, 0.29) is 0 Å². The summed E-state index contributed by atoms with van der Waals surface area (Å²) in [6.45, 7) is 62.8. The van der Waals surface area contributed by atoms with Crippen molar-refractivity contribution < 1.29 is 0 Å². The predicted molar refractivity (Wildman–Crippen MR) is 582 cm³/mol. The zero-order valence-corrected chi connectivity index (χ0v) is 82.7. The number of para-hydroxylation sites is 2. The van der Waals surface area contributed by atoms with Gasteiger partial charge in [0, 0.05) is 28.9 Å². The van der Waals surface area contributed by atoms with Gasteiger partial charge in [-0.15, -0.1) is 0 Å². The molecule has 0 radical (unpaired) electrons. The number of hydrogen-bond acceptors (Lipinski definition) is 0. The monoisotopic (exact) mass is 1650 g/mol. The summed E-state index contributed by atoms with van der Waals surface area (Å²) in [4.78, 5) is 0. The number of fused-ring (bicyclic) bond motifs is 12. The van der Waals surface area contributed by atoms with E-state index in [9.17, 15) is 0 Å². The molecule has 1 aromatic heterocycles. The van der Waals surface area contributed by atoms with Gasteiger partial charge in [-0.05, 0) is 214 Å². The molecule has 0 aliphatic carbocycles. The van der Waals surface area contributed by atoms with Crippen molar-refractivity contribution in [2.75, 3.05) is 0 Å². The topological polar surface area (TPSA) is 4.93 Å². The van der Waals surface area contributed by atoms with Crippen LogP contribution in [0.25, 0.3) is 173 Å². The highest BCUT2D eigenvalue weighted by molar-refractivity contribution is 6.27. The molecule has 0 N–H and O–H groups in total. The second-order valence-corrected chi connectivity index (χ2v) is 27.0. The van der Waals surface area contributed by atoms with E-state index in [4.69, 9.17) is 0 Å². The minimum Gasteiger partial charge on any atom is -0.344 e. The van der Waals surface area contributed by atoms with E-state index in [2.05, 4.69) is 380 Å². The zero-order valence-electron chi connectivity index (χ0n) is 82.7. The molecule has 1 heterocycles. The van der Waals surface area contributed by atoms with Gasteiger partial charge in [0.1, 0.15) is 0 Å².